The van der Waals surface area contributed by atoms with Gasteiger partial charge in [0.25, 0.3) is 5.91 Å². The van der Waals surface area contributed by atoms with Gasteiger partial charge in [-0.15, -0.1) is 0 Å². The Bertz CT molecular complexity index is 500. The SMILES string of the molecule is CC(C)(C)C(COC(N)=O)NC(=O)c1cc(Br)ccn1. The molecule has 1 aromatic rings. The molecule has 0 aliphatic rings. The summed E-state index contributed by atoms with van der Waals surface area (Å²) >= 11 is 3.28. The number of aromatic nitrogens is 1. The molecule has 0 aliphatic heterocycles. The smallest absolute Gasteiger partial charge is 0.404 e. The maximum Gasteiger partial charge on any atom is 0.404 e. The van der Waals surface area contributed by atoms with Crippen LogP contribution in [0, 0.1) is 5.41 Å². The molecule has 1 atom stereocenters. The third-order valence-electron chi connectivity index (χ3n) is 2.70. The second kappa shape index (κ2) is 6.69. The molecule has 0 saturated heterocycles. The largest absolute Gasteiger partial charge is 0.448 e. The number of nitrogens with two attached hydrogens (primary N) is 1. The van der Waals surface area contributed by atoms with Crippen LogP contribution in [-0.4, -0.2) is 29.6 Å². The molecule has 110 valence electrons. The summed E-state index contributed by atoms with van der Waals surface area (Å²) in [5.74, 6) is -0.334. The number of halogens is 1. The van der Waals surface area contributed by atoms with Crippen molar-refractivity contribution in [2.24, 2.45) is 11.1 Å². The van der Waals surface area contributed by atoms with Crippen molar-refractivity contribution < 1.29 is 14.3 Å². The minimum atomic E-state index is -0.867. The second-order valence-corrected chi connectivity index (χ2v) is 6.30. The molecule has 1 aromatic heterocycles. The van der Waals surface area contributed by atoms with Crippen molar-refractivity contribution in [1.82, 2.24) is 10.3 Å². The Labute approximate surface area is 126 Å². The van der Waals surface area contributed by atoms with Crippen LogP contribution in [0.2, 0.25) is 0 Å². The standard InChI is InChI=1S/C13H18BrN3O3/c1-13(2,3)10(7-20-12(15)19)17-11(18)9-6-8(14)4-5-16-9/h4-6,10H,7H2,1-3H3,(H2,15,19)(H,17,18). The van der Waals surface area contributed by atoms with Gasteiger partial charge < -0.3 is 15.8 Å². The molecule has 20 heavy (non-hydrogen) atoms. The summed E-state index contributed by atoms with van der Waals surface area (Å²) in [6, 6.07) is 2.97. The van der Waals surface area contributed by atoms with Gasteiger partial charge in [-0.3, -0.25) is 9.78 Å². The van der Waals surface area contributed by atoms with Gasteiger partial charge >= 0.3 is 6.09 Å². The number of amides is 2. The van der Waals surface area contributed by atoms with E-state index in [1.165, 1.54) is 6.20 Å². The lowest BCUT2D eigenvalue weighted by Gasteiger charge is -2.30. The summed E-state index contributed by atoms with van der Waals surface area (Å²) in [4.78, 5) is 26.8. The Hall–Kier alpha value is -1.63. The summed E-state index contributed by atoms with van der Waals surface area (Å²) in [6.07, 6.45) is 0.666. The van der Waals surface area contributed by atoms with E-state index in [0.717, 1.165) is 4.47 Å². The lowest BCUT2D eigenvalue weighted by atomic mass is 9.87. The third kappa shape index (κ3) is 5.16. The van der Waals surface area contributed by atoms with Crippen LogP contribution >= 0.6 is 15.9 Å². The zero-order valence-electron chi connectivity index (χ0n) is 11.6. The fourth-order valence-electron chi connectivity index (χ4n) is 1.43. The highest BCUT2D eigenvalue weighted by atomic mass is 79.9. The number of carbonyl (C=O) groups is 2. The molecule has 0 aliphatic carbocycles. The molecule has 0 spiro atoms. The zero-order valence-corrected chi connectivity index (χ0v) is 13.2. The van der Waals surface area contributed by atoms with Crippen molar-refractivity contribution in [1.29, 1.82) is 0 Å². The van der Waals surface area contributed by atoms with Gasteiger partial charge in [-0.25, -0.2) is 4.79 Å². The van der Waals surface area contributed by atoms with Crippen molar-refractivity contribution in [3.63, 3.8) is 0 Å². The van der Waals surface area contributed by atoms with Crippen LogP contribution in [0.25, 0.3) is 0 Å². The minimum Gasteiger partial charge on any atom is -0.448 e. The van der Waals surface area contributed by atoms with E-state index in [1.54, 1.807) is 12.1 Å². The van der Waals surface area contributed by atoms with E-state index in [-0.39, 0.29) is 29.7 Å². The maximum atomic E-state index is 12.1. The van der Waals surface area contributed by atoms with Crippen LogP contribution in [0.5, 0.6) is 0 Å². The topological polar surface area (TPSA) is 94.3 Å². The number of rotatable bonds is 4. The van der Waals surface area contributed by atoms with Gasteiger partial charge in [-0.2, -0.15) is 0 Å². The number of hydrogen-bond acceptors (Lipinski definition) is 4. The molecular weight excluding hydrogens is 326 g/mol. The van der Waals surface area contributed by atoms with Gasteiger partial charge in [0, 0.05) is 10.7 Å². The monoisotopic (exact) mass is 343 g/mol. The summed E-state index contributed by atoms with van der Waals surface area (Å²) < 4.78 is 5.55. The Morgan fingerprint density at radius 1 is 1.50 bits per heavy atom. The first kappa shape index (κ1) is 16.4. The lowest BCUT2D eigenvalue weighted by Crippen LogP contribution is -2.47. The number of pyridine rings is 1. The van der Waals surface area contributed by atoms with Gasteiger partial charge in [0.15, 0.2) is 0 Å². The Balaban J connectivity index is 2.79. The molecule has 0 radical (unpaired) electrons. The number of ether oxygens (including phenoxy) is 1. The van der Waals surface area contributed by atoms with Crippen molar-refractivity contribution in [2.45, 2.75) is 26.8 Å². The average molecular weight is 344 g/mol. The Morgan fingerprint density at radius 3 is 2.65 bits per heavy atom. The number of nitrogens with one attached hydrogen (secondary N) is 1. The van der Waals surface area contributed by atoms with Gasteiger partial charge in [0.1, 0.15) is 12.3 Å². The number of primary amides is 1. The van der Waals surface area contributed by atoms with Gasteiger partial charge in [-0.1, -0.05) is 36.7 Å². The van der Waals surface area contributed by atoms with E-state index in [9.17, 15) is 9.59 Å². The molecule has 6 nitrogen and oxygen atoms in total. The molecule has 2 amide bonds. The van der Waals surface area contributed by atoms with Crippen LogP contribution < -0.4 is 11.1 Å². The molecule has 1 unspecified atom stereocenters. The summed E-state index contributed by atoms with van der Waals surface area (Å²) in [7, 11) is 0. The van der Waals surface area contributed by atoms with E-state index in [1.807, 2.05) is 20.8 Å². The van der Waals surface area contributed by atoms with Gasteiger partial charge in [0.05, 0.1) is 6.04 Å². The highest BCUT2D eigenvalue weighted by Crippen LogP contribution is 2.20. The van der Waals surface area contributed by atoms with Crippen molar-refractivity contribution in [3.05, 3.63) is 28.5 Å². The van der Waals surface area contributed by atoms with Crippen molar-refractivity contribution in [2.75, 3.05) is 6.61 Å². The fraction of sp³-hybridized carbons (Fsp3) is 0.462. The van der Waals surface area contributed by atoms with E-state index in [2.05, 4.69) is 26.2 Å². The molecule has 0 aromatic carbocycles. The Morgan fingerprint density at radius 2 is 2.15 bits per heavy atom. The fourth-order valence-corrected chi connectivity index (χ4v) is 1.77. The number of nitrogens with zero attached hydrogens (tertiary/aromatic N) is 1. The van der Waals surface area contributed by atoms with E-state index in [4.69, 9.17) is 10.5 Å². The maximum absolute atomic E-state index is 12.1. The molecule has 3 N–H and O–H groups in total. The highest BCUT2D eigenvalue weighted by Gasteiger charge is 2.28. The first-order chi connectivity index (χ1) is 9.20. The predicted molar refractivity (Wildman–Crippen MR) is 78.2 cm³/mol. The first-order valence-corrected chi connectivity index (χ1v) is 6.84. The van der Waals surface area contributed by atoms with Crippen LogP contribution in [0.15, 0.2) is 22.8 Å². The van der Waals surface area contributed by atoms with E-state index >= 15 is 0 Å². The summed E-state index contributed by atoms with van der Waals surface area (Å²) in [5, 5.41) is 2.80. The minimum absolute atomic E-state index is 0.0125. The van der Waals surface area contributed by atoms with Crippen LogP contribution in [-0.2, 0) is 4.74 Å². The van der Waals surface area contributed by atoms with Crippen LogP contribution in [0.3, 0.4) is 0 Å². The molecular formula is C13H18BrN3O3. The normalized spacial score (nSPS) is 12.6. The van der Waals surface area contributed by atoms with E-state index < -0.39 is 6.09 Å². The molecule has 0 saturated carbocycles. The molecule has 0 fully saturated rings. The van der Waals surface area contributed by atoms with Crippen LogP contribution in [0.4, 0.5) is 4.79 Å². The van der Waals surface area contributed by atoms with Crippen LogP contribution in [0.1, 0.15) is 31.3 Å². The third-order valence-corrected chi connectivity index (χ3v) is 3.19. The van der Waals surface area contributed by atoms with Crippen molar-refractivity contribution >= 4 is 27.9 Å². The molecule has 7 heteroatoms. The predicted octanol–water partition coefficient (Wildman–Crippen LogP) is 2.08. The summed E-state index contributed by atoms with van der Waals surface area (Å²) in [6.45, 7) is 5.79. The average Bonchev–Trinajstić information content (AvgIpc) is 2.32. The number of hydrogen-bond donors (Lipinski definition) is 2. The number of carbonyl (C=O) groups excluding carboxylic acids is 2. The Kier molecular flexibility index (Phi) is 5.50. The highest BCUT2D eigenvalue weighted by molar-refractivity contribution is 9.10. The lowest BCUT2D eigenvalue weighted by molar-refractivity contribution is 0.0799. The molecule has 1 rings (SSSR count). The summed E-state index contributed by atoms with van der Waals surface area (Å²) in [5.41, 5.74) is 4.94. The van der Waals surface area contributed by atoms with Gasteiger partial charge in [-0.05, 0) is 17.5 Å². The zero-order chi connectivity index (χ0) is 15.3. The van der Waals surface area contributed by atoms with Crippen molar-refractivity contribution in [3.8, 4) is 0 Å². The second-order valence-electron chi connectivity index (χ2n) is 5.38. The van der Waals surface area contributed by atoms with Gasteiger partial charge in [0.2, 0.25) is 0 Å². The van der Waals surface area contributed by atoms with E-state index in [0.29, 0.717) is 0 Å². The molecule has 0 bridgehead atoms. The quantitative estimate of drug-likeness (QED) is 0.874. The molecule has 1 heterocycles. The first-order valence-electron chi connectivity index (χ1n) is 6.05.